The van der Waals surface area contributed by atoms with Gasteiger partial charge in [0.15, 0.2) is 11.6 Å². The number of hydrogen-bond acceptors (Lipinski definition) is 4. The fourth-order valence-corrected chi connectivity index (χ4v) is 6.99. The first-order chi connectivity index (χ1) is 12.6. The Bertz CT molecular complexity index is 805. The fourth-order valence-electron chi connectivity index (χ4n) is 6.99. The van der Waals surface area contributed by atoms with Gasteiger partial charge in [0.25, 0.3) is 0 Å². The number of rotatable bonds is 2. The van der Waals surface area contributed by atoms with Gasteiger partial charge in [0.1, 0.15) is 12.2 Å². The molecule has 146 valence electrons. The van der Waals surface area contributed by atoms with Crippen molar-refractivity contribution in [2.45, 2.75) is 52.6 Å². The summed E-state index contributed by atoms with van der Waals surface area (Å²) in [6, 6.07) is 0. The smallest absolute Gasteiger partial charge is 0.190 e. The van der Waals surface area contributed by atoms with Crippen LogP contribution in [-0.2, 0) is 9.59 Å². The highest BCUT2D eigenvalue weighted by molar-refractivity contribution is 6.01. The predicted octanol–water partition coefficient (Wildman–Crippen LogP) is 3.00. The Balaban J connectivity index is 1.82. The van der Waals surface area contributed by atoms with E-state index in [1.165, 1.54) is 11.1 Å². The number of ketones is 2. The van der Waals surface area contributed by atoms with Crippen molar-refractivity contribution in [1.29, 1.82) is 0 Å². The quantitative estimate of drug-likeness (QED) is 0.733. The van der Waals surface area contributed by atoms with Crippen LogP contribution in [0.15, 0.2) is 35.5 Å². The van der Waals surface area contributed by atoms with Crippen LogP contribution in [0.4, 0.5) is 0 Å². The van der Waals surface area contributed by atoms with Crippen molar-refractivity contribution in [3.05, 3.63) is 35.5 Å². The first-order valence-electron chi connectivity index (χ1n) is 10.1. The van der Waals surface area contributed by atoms with Gasteiger partial charge in [0.05, 0.1) is 0 Å². The molecule has 0 bridgehead atoms. The number of aliphatic hydroxyl groups is 2. The van der Waals surface area contributed by atoms with E-state index in [-0.39, 0.29) is 34.9 Å². The molecule has 2 fully saturated rings. The summed E-state index contributed by atoms with van der Waals surface area (Å²) >= 11 is 0. The highest BCUT2D eigenvalue weighted by atomic mass is 16.3. The maximum absolute atomic E-state index is 12.6. The van der Waals surface area contributed by atoms with Gasteiger partial charge in [-0.05, 0) is 67.6 Å². The molecule has 2 saturated carbocycles. The van der Waals surface area contributed by atoms with Crippen LogP contribution in [0.25, 0.3) is 0 Å². The number of allylic oxidation sites excluding steroid dienone is 6. The van der Waals surface area contributed by atoms with Crippen LogP contribution in [0.3, 0.4) is 0 Å². The van der Waals surface area contributed by atoms with E-state index in [0.29, 0.717) is 6.42 Å². The number of fused-ring (bicyclic) bond motifs is 5. The van der Waals surface area contributed by atoms with Crippen LogP contribution in [0, 0.1) is 34.5 Å². The Morgan fingerprint density at radius 3 is 2.59 bits per heavy atom. The van der Waals surface area contributed by atoms with Crippen molar-refractivity contribution in [3.63, 3.8) is 0 Å². The van der Waals surface area contributed by atoms with Gasteiger partial charge in [0.2, 0.25) is 0 Å². The summed E-state index contributed by atoms with van der Waals surface area (Å²) in [6.45, 7) is 7.73. The third kappa shape index (κ3) is 2.17. The third-order valence-electron chi connectivity index (χ3n) is 8.43. The van der Waals surface area contributed by atoms with Crippen molar-refractivity contribution in [1.82, 2.24) is 0 Å². The molecular weight excluding hydrogens is 340 g/mol. The normalized spacial score (nSPS) is 48.3. The lowest BCUT2D eigenvalue weighted by Crippen LogP contribution is -2.57. The van der Waals surface area contributed by atoms with Crippen molar-refractivity contribution < 1.29 is 19.8 Å². The zero-order valence-electron chi connectivity index (χ0n) is 16.7. The number of Topliss-reactive ketones (excluding diaryl/α,β-unsaturated/α-hetero) is 1. The van der Waals surface area contributed by atoms with Crippen LogP contribution in [0.2, 0.25) is 0 Å². The van der Waals surface area contributed by atoms with Crippen molar-refractivity contribution in [2.75, 3.05) is 6.61 Å². The summed E-state index contributed by atoms with van der Waals surface area (Å²) in [7, 11) is 0. The van der Waals surface area contributed by atoms with Gasteiger partial charge in [-0.2, -0.15) is 0 Å². The minimum absolute atomic E-state index is 0.0615. The van der Waals surface area contributed by atoms with Crippen LogP contribution in [0.1, 0.15) is 47.0 Å². The van der Waals surface area contributed by atoms with Gasteiger partial charge >= 0.3 is 0 Å². The summed E-state index contributed by atoms with van der Waals surface area (Å²) in [6.07, 6.45) is 10.1. The van der Waals surface area contributed by atoms with Crippen molar-refractivity contribution in [2.24, 2.45) is 34.5 Å². The zero-order chi connectivity index (χ0) is 19.8. The van der Waals surface area contributed by atoms with Crippen LogP contribution >= 0.6 is 0 Å². The average Bonchev–Trinajstić information content (AvgIpc) is 2.84. The molecule has 0 spiro atoms. The molecule has 27 heavy (non-hydrogen) atoms. The topological polar surface area (TPSA) is 74.6 Å². The fraction of sp³-hybridized carbons (Fsp3) is 0.652. The molecular formula is C23H30O4. The number of hydrogen-bond donors (Lipinski definition) is 2. The predicted molar refractivity (Wildman–Crippen MR) is 103 cm³/mol. The Labute approximate surface area is 161 Å². The lowest BCUT2D eigenvalue weighted by molar-refractivity contribution is -0.161. The molecule has 7 unspecified atom stereocenters. The zero-order valence-corrected chi connectivity index (χ0v) is 16.7. The molecule has 0 aromatic rings. The van der Waals surface area contributed by atoms with Gasteiger partial charge in [-0.3, -0.25) is 9.59 Å². The van der Waals surface area contributed by atoms with Gasteiger partial charge in [0, 0.05) is 10.8 Å². The molecule has 4 aliphatic carbocycles. The van der Waals surface area contributed by atoms with E-state index in [0.717, 1.165) is 12.8 Å². The van der Waals surface area contributed by atoms with Crippen LogP contribution in [-0.4, -0.2) is 34.0 Å². The summed E-state index contributed by atoms with van der Waals surface area (Å²) in [5, 5.41) is 21.0. The minimum atomic E-state index is -1.48. The Kier molecular flexibility index (Phi) is 4.00. The van der Waals surface area contributed by atoms with Crippen LogP contribution < -0.4 is 0 Å². The molecule has 4 nitrogen and oxygen atoms in total. The lowest BCUT2D eigenvalue weighted by atomic mass is 9.49. The molecule has 0 aromatic carbocycles. The third-order valence-corrected chi connectivity index (χ3v) is 8.43. The molecule has 0 radical (unpaired) electrons. The van der Waals surface area contributed by atoms with Gasteiger partial charge in [-0.1, -0.05) is 38.5 Å². The maximum Gasteiger partial charge on any atom is 0.190 e. The Morgan fingerprint density at radius 1 is 1.22 bits per heavy atom. The number of aliphatic hydroxyl groups excluding tert-OH is 1. The second-order valence-corrected chi connectivity index (χ2v) is 9.65. The first-order valence-corrected chi connectivity index (χ1v) is 10.1. The summed E-state index contributed by atoms with van der Waals surface area (Å²) in [5.74, 6) is 0.193. The van der Waals surface area contributed by atoms with Gasteiger partial charge < -0.3 is 10.2 Å². The summed E-state index contributed by atoms with van der Waals surface area (Å²) in [4.78, 5) is 24.5. The molecule has 0 aromatic heterocycles. The monoisotopic (exact) mass is 370 g/mol. The van der Waals surface area contributed by atoms with E-state index in [9.17, 15) is 19.8 Å². The molecule has 4 aliphatic rings. The molecule has 2 N–H and O–H groups in total. The number of carbonyl (C=O) groups excluding carboxylic acids is 2. The Morgan fingerprint density at radius 2 is 1.93 bits per heavy atom. The molecule has 7 atom stereocenters. The van der Waals surface area contributed by atoms with E-state index in [1.54, 1.807) is 12.2 Å². The summed E-state index contributed by atoms with van der Waals surface area (Å²) < 4.78 is 0. The van der Waals surface area contributed by atoms with E-state index in [2.05, 4.69) is 19.9 Å². The van der Waals surface area contributed by atoms with Crippen LogP contribution in [0.5, 0.6) is 0 Å². The number of carbonyl (C=O) groups is 2. The minimum Gasteiger partial charge on any atom is -0.388 e. The molecule has 0 amide bonds. The van der Waals surface area contributed by atoms with E-state index in [4.69, 9.17) is 0 Å². The van der Waals surface area contributed by atoms with E-state index in [1.807, 2.05) is 19.9 Å². The molecule has 0 aliphatic heterocycles. The second kappa shape index (κ2) is 5.74. The molecule has 0 heterocycles. The standard InChI is InChI=1S/C23H30O4/c1-13-9-16-17(21(3)7-5-15(25)11-18(13)21)6-8-22(4)19(16)10-14(2)23(22,27)20(26)12-24/h5-7,11,13-14,16,19,24,27H,8-10,12H2,1-4H3. The van der Waals surface area contributed by atoms with Crippen molar-refractivity contribution in [3.8, 4) is 0 Å². The molecule has 0 saturated heterocycles. The largest absolute Gasteiger partial charge is 0.388 e. The SMILES string of the molecule is CC1CC2C(=CCC3(C)C2CC(C)C3(O)C(=O)CO)C2(C)C=CC(=O)C=C12. The molecule has 4 rings (SSSR count). The summed E-state index contributed by atoms with van der Waals surface area (Å²) in [5.41, 5.74) is 0.237. The highest BCUT2D eigenvalue weighted by Crippen LogP contribution is 2.67. The van der Waals surface area contributed by atoms with E-state index < -0.39 is 23.4 Å². The van der Waals surface area contributed by atoms with Gasteiger partial charge in [-0.25, -0.2) is 0 Å². The first kappa shape index (κ1) is 18.8. The van der Waals surface area contributed by atoms with Gasteiger partial charge in [-0.15, -0.1) is 0 Å². The average molecular weight is 370 g/mol. The highest BCUT2D eigenvalue weighted by Gasteiger charge is 2.67. The van der Waals surface area contributed by atoms with Crippen molar-refractivity contribution >= 4 is 11.6 Å². The Hall–Kier alpha value is -1.52. The second-order valence-electron chi connectivity index (χ2n) is 9.65. The lowest BCUT2D eigenvalue weighted by Gasteiger charge is -2.55. The molecule has 4 heteroatoms. The van der Waals surface area contributed by atoms with E-state index >= 15 is 0 Å². The maximum atomic E-state index is 12.6.